The van der Waals surface area contributed by atoms with Crippen molar-refractivity contribution >= 4 is 25.8 Å². The van der Waals surface area contributed by atoms with E-state index in [2.05, 4.69) is 15.9 Å². The third-order valence-electron chi connectivity index (χ3n) is 3.02. The minimum absolute atomic E-state index is 0.000775. The van der Waals surface area contributed by atoms with Gasteiger partial charge in [0.25, 0.3) is 0 Å². The molecular weight excluding hydrogens is 364 g/mol. The molecule has 0 saturated heterocycles. The summed E-state index contributed by atoms with van der Waals surface area (Å²) in [5, 5.41) is 0. The fraction of sp³-hybridized carbons (Fsp3) is 0.143. The van der Waals surface area contributed by atoms with Gasteiger partial charge in [0.1, 0.15) is 11.6 Å². The van der Waals surface area contributed by atoms with Crippen LogP contribution in [0.15, 0.2) is 45.8 Å². The Labute approximate surface area is 129 Å². The molecule has 0 heterocycles. The second-order valence-corrected chi connectivity index (χ2v) is 7.48. The van der Waals surface area contributed by atoms with Crippen LogP contribution in [0.4, 0.5) is 8.78 Å². The van der Waals surface area contributed by atoms with Crippen molar-refractivity contribution in [2.45, 2.75) is 10.9 Å². The average molecular weight is 376 g/mol. The Kier molecular flexibility index (Phi) is 4.46. The molecule has 0 aliphatic rings. The highest BCUT2D eigenvalue weighted by molar-refractivity contribution is 9.10. The molecule has 1 unspecified atom stereocenters. The quantitative estimate of drug-likeness (QED) is 0.838. The molecule has 0 aromatic heterocycles. The van der Waals surface area contributed by atoms with Crippen molar-refractivity contribution in [3.63, 3.8) is 0 Å². The van der Waals surface area contributed by atoms with Crippen LogP contribution in [0, 0.1) is 11.6 Å². The zero-order chi connectivity index (χ0) is 15.8. The molecule has 21 heavy (non-hydrogen) atoms. The number of nitrogens with two attached hydrogens (primary N) is 1. The van der Waals surface area contributed by atoms with Crippen LogP contribution in [0.25, 0.3) is 0 Å². The predicted octanol–water partition coefficient (Wildman–Crippen LogP) is 3.18. The lowest BCUT2D eigenvalue weighted by molar-refractivity contribution is 0.572. The van der Waals surface area contributed by atoms with Crippen molar-refractivity contribution in [2.24, 2.45) is 5.73 Å². The molecule has 2 N–H and O–H groups in total. The molecule has 0 saturated carbocycles. The van der Waals surface area contributed by atoms with Gasteiger partial charge in [0.15, 0.2) is 9.84 Å². The summed E-state index contributed by atoms with van der Waals surface area (Å²) in [5.41, 5.74) is 6.28. The standard InChI is InChI=1S/C14H12BrF2NO2S/c1-21(19,20)9-4-2-3-8(5-9)14(18)10-6-13(17)11(15)7-12(10)16/h2-7,14H,18H2,1H3. The Morgan fingerprint density at radius 1 is 1.14 bits per heavy atom. The van der Waals surface area contributed by atoms with Crippen LogP contribution in [0.3, 0.4) is 0 Å². The van der Waals surface area contributed by atoms with Crippen LogP contribution in [-0.4, -0.2) is 14.7 Å². The first-order valence-electron chi connectivity index (χ1n) is 5.90. The van der Waals surface area contributed by atoms with Gasteiger partial charge in [0, 0.05) is 11.8 Å². The molecule has 7 heteroatoms. The average Bonchev–Trinajstić information content (AvgIpc) is 2.41. The van der Waals surface area contributed by atoms with Crippen molar-refractivity contribution in [3.8, 4) is 0 Å². The number of benzene rings is 2. The number of rotatable bonds is 3. The monoisotopic (exact) mass is 375 g/mol. The van der Waals surface area contributed by atoms with Gasteiger partial charge in [-0.05, 0) is 45.8 Å². The van der Waals surface area contributed by atoms with Gasteiger partial charge in [-0.3, -0.25) is 0 Å². The Balaban J connectivity index is 2.50. The Hall–Kier alpha value is -1.31. The fourth-order valence-electron chi connectivity index (χ4n) is 1.89. The minimum atomic E-state index is -3.40. The lowest BCUT2D eigenvalue weighted by Gasteiger charge is -2.15. The molecule has 0 aliphatic carbocycles. The molecule has 2 aromatic rings. The number of sulfone groups is 1. The zero-order valence-electron chi connectivity index (χ0n) is 11.0. The fourth-order valence-corrected chi connectivity index (χ4v) is 2.89. The van der Waals surface area contributed by atoms with E-state index in [1.54, 1.807) is 6.07 Å². The molecule has 112 valence electrons. The summed E-state index contributed by atoms with van der Waals surface area (Å²) in [6.45, 7) is 0. The molecule has 0 radical (unpaired) electrons. The zero-order valence-corrected chi connectivity index (χ0v) is 13.4. The lowest BCUT2D eigenvalue weighted by atomic mass is 9.99. The third-order valence-corrected chi connectivity index (χ3v) is 4.74. The van der Waals surface area contributed by atoms with E-state index < -0.39 is 27.5 Å². The summed E-state index contributed by atoms with van der Waals surface area (Å²) in [5.74, 6) is -1.30. The second kappa shape index (κ2) is 5.82. The van der Waals surface area contributed by atoms with Crippen LogP contribution in [0.1, 0.15) is 17.2 Å². The van der Waals surface area contributed by atoms with E-state index in [-0.39, 0.29) is 14.9 Å². The number of hydrogen-bond acceptors (Lipinski definition) is 3. The van der Waals surface area contributed by atoms with Crippen molar-refractivity contribution in [2.75, 3.05) is 6.26 Å². The predicted molar refractivity (Wildman–Crippen MR) is 79.6 cm³/mol. The van der Waals surface area contributed by atoms with Crippen molar-refractivity contribution < 1.29 is 17.2 Å². The van der Waals surface area contributed by atoms with Gasteiger partial charge < -0.3 is 5.73 Å². The smallest absolute Gasteiger partial charge is 0.175 e. The van der Waals surface area contributed by atoms with Gasteiger partial charge in [-0.15, -0.1) is 0 Å². The van der Waals surface area contributed by atoms with Gasteiger partial charge in [0.2, 0.25) is 0 Å². The Morgan fingerprint density at radius 3 is 2.43 bits per heavy atom. The van der Waals surface area contributed by atoms with Crippen molar-refractivity contribution in [1.82, 2.24) is 0 Å². The van der Waals surface area contributed by atoms with E-state index >= 15 is 0 Å². The number of halogens is 3. The third kappa shape index (κ3) is 3.48. The van der Waals surface area contributed by atoms with Crippen LogP contribution in [-0.2, 0) is 9.84 Å². The first kappa shape index (κ1) is 16.1. The van der Waals surface area contributed by atoms with E-state index in [9.17, 15) is 17.2 Å². The highest BCUT2D eigenvalue weighted by Gasteiger charge is 2.18. The summed E-state index contributed by atoms with van der Waals surface area (Å²) in [6.07, 6.45) is 1.07. The SMILES string of the molecule is CS(=O)(=O)c1cccc(C(N)c2cc(F)c(Br)cc2F)c1. The molecular formula is C14H12BrF2NO2S. The molecule has 3 nitrogen and oxygen atoms in total. The van der Waals surface area contributed by atoms with E-state index in [1.165, 1.54) is 18.2 Å². The van der Waals surface area contributed by atoms with Gasteiger partial charge in [-0.1, -0.05) is 12.1 Å². The Morgan fingerprint density at radius 2 is 1.81 bits per heavy atom. The van der Waals surface area contributed by atoms with Crippen LogP contribution in [0.5, 0.6) is 0 Å². The summed E-state index contributed by atoms with van der Waals surface area (Å²) in [6, 6.07) is 6.89. The lowest BCUT2D eigenvalue weighted by Crippen LogP contribution is -2.15. The molecule has 2 rings (SSSR count). The van der Waals surface area contributed by atoms with Crippen LogP contribution < -0.4 is 5.73 Å². The number of hydrogen-bond donors (Lipinski definition) is 1. The maximum absolute atomic E-state index is 13.9. The van der Waals surface area contributed by atoms with Crippen LogP contribution in [0.2, 0.25) is 0 Å². The van der Waals surface area contributed by atoms with Gasteiger partial charge in [0.05, 0.1) is 15.4 Å². The molecule has 1 atom stereocenters. The summed E-state index contributed by atoms with van der Waals surface area (Å²) < 4.78 is 50.5. The van der Waals surface area contributed by atoms with E-state index in [0.29, 0.717) is 5.56 Å². The summed E-state index contributed by atoms with van der Waals surface area (Å²) in [7, 11) is -3.40. The maximum atomic E-state index is 13.9. The topological polar surface area (TPSA) is 60.2 Å². The highest BCUT2D eigenvalue weighted by atomic mass is 79.9. The summed E-state index contributed by atoms with van der Waals surface area (Å²) in [4.78, 5) is 0.0773. The molecule has 0 aliphatic heterocycles. The first-order valence-corrected chi connectivity index (χ1v) is 8.58. The second-order valence-electron chi connectivity index (χ2n) is 4.61. The van der Waals surface area contributed by atoms with E-state index in [0.717, 1.165) is 18.4 Å². The highest BCUT2D eigenvalue weighted by Crippen LogP contribution is 2.28. The van der Waals surface area contributed by atoms with Gasteiger partial charge in [-0.2, -0.15) is 0 Å². The molecule has 2 aromatic carbocycles. The molecule has 0 amide bonds. The maximum Gasteiger partial charge on any atom is 0.175 e. The normalized spacial score (nSPS) is 13.2. The van der Waals surface area contributed by atoms with E-state index in [4.69, 9.17) is 5.73 Å². The summed E-state index contributed by atoms with van der Waals surface area (Å²) >= 11 is 2.89. The van der Waals surface area contributed by atoms with Crippen molar-refractivity contribution in [3.05, 3.63) is 63.6 Å². The Bertz CT molecular complexity index is 794. The van der Waals surface area contributed by atoms with E-state index in [1.807, 2.05) is 0 Å². The molecule has 0 bridgehead atoms. The van der Waals surface area contributed by atoms with Gasteiger partial charge in [-0.25, -0.2) is 17.2 Å². The molecule has 0 fully saturated rings. The van der Waals surface area contributed by atoms with Gasteiger partial charge >= 0.3 is 0 Å². The van der Waals surface area contributed by atoms with Crippen molar-refractivity contribution in [1.29, 1.82) is 0 Å². The first-order chi connectivity index (χ1) is 9.70. The minimum Gasteiger partial charge on any atom is -0.320 e. The molecule has 0 spiro atoms. The van der Waals surface area contributed by atoms with Crippen LogP contribution >= 0.6 is 15.9 Å². The largest absolute Gasteiger partial charge is 0.320 e.